The van der Waals surface area contributed by atoms with Gasteiger partial charge in [-0.05, 0) is 36.8 Å². The highest BCUT2D eigenvalue weighted by atomic mass is 19.1. The third kappa shape index (κ3) is 4.88. The summed E-state index contributed by atoms with van der Waals surface area (Å²) >= 11 is 0. The molecular formula is C24H20FN9O. The van der Waals surface area contributed by atoms with Crippen LogP contribution >= 0.6 is 0 Å². The van der Waals surface area contributed by atoms with Crippen LogP contribution in [-0.2, 0) is 7.05 Å². The molecule has 0 saturated carbocycles. The van der Waals surface area contributed by atoms with E-state index in [1.807, 2.05) is 7.05 Å². The molecule has 0 bridgehead atoms. The Kier molecular flexibility index (Phi) is 5.71. The van der Waals surface area contributed by atoms with Crippen molar-refractivity contribution < 1.29 is 9.13 Å². The number of aryl methyl sites for hydroxylation is 2. The van der Waals surface area contributed by atoms with Crippen LogP contribution in [0, 0.1) is 12.7 Å². The molecule has 0 fully saturated rings. The van der Waals surface area contributed by atoms with Gasteiger partial charge in [-0.3, -0.25) is 9.67 Å². The quantitative estimate of drug-likeness (QED) is 0.374. The van der Waals surface area contributed by atoms with Gasteiger partial charge >= 0.3 is 6.01 Å². The van der Waals surface area contributed by atoms with Gasteiger partial charge in [0, 0.05) is 54.9 Å². The van der Waals surface area contributed by atoms with E-state index < -0.39 is 5.82 Å². The van der Waals surface area contributed by atoms with E-state index >= 15 is 4.39 Å². The van der Waals surface area contributed by atoms with E-state index in [1.165, 1.54) is 12.1 Å². The van der Waals surface area contributed by atoms with Crippen LogP contribution in [0.1, 0.15) is 5.69 Å². The van der Waals surface area contributed by atoms with Crippen molar-refractivity contribution in [3.05, 3.63) is 79.0 Å². The molecule has 0 aliphatic carbocycles. The highest BCUT2D eigenvalue weighted by Crippen LogP contribution is 2.34. The fraction of sp³-hybridized carbons (Fsp3) is 0.0833. The van der Waals surface area contributed by atoms with Crippen molar-refractivity contribution in [1.29, 1.82) is 0 Å². The van der Waals surface area contributed by atoms with Gasteiger partial charge in [-0.2, -0.15) is 5.10 Å². The summed E-state index contributed by atoms with van der Waals surface area (Å²) in [6.07, 6.45) is 9.80. The summed E-state index contributed by atoms with van der Waals surface area (Å²) in [7, 11) is 1.81. The van der Waals surface area contributed by atoms with Gasteiger partial charge in [-0.1, -0.05) is 6.07 Å². The average Bonchev–Trinajstić information content (AvgIpc) is 3.25. The Labute approximate surface area is 199 Å². The third-order valence-corrected chi connectivity index (χ3v) is 5.00. The number of pyridine rings is 1. The molecule has 35 heavy (non-hydrogen) atoms. The van der Waals surface area contributed by atoms with E-state index in [-0.39, 0.29) is 11.8 Å². The summed E-state index contributed by atoms with van der Waals surface area (Å²) < 4.78 is 22.2. The van der Waals surface area contributed by atoms with Crippen LogP contribution in [0.5, 0.6) is 11.8 Å². The second kappa shape index (κ2) is 9.14. The number of benzene rings is 1. The van der Waals surface area contributed by atoms with E-state index in [0.717, 1.165) is 5.69 Å². The summed E-state index contributed by atoms with van der Waals surface area (Å²) in [6.45, 7) is 1.80. The Balaban J connectivity index is 1.53. The smallest absolute Gasteiger partial charge is 0.322 e. The maximum Gasteiger partial charge on any atom is 0.322 e. The van der Waals surface area contributed by atoms with Crippen LogP contribution in [0.4, 0.5) is 21.7 Å². The summed E-state index contributed by atoms with van der Waals surface area (Å²) in [6, 6.07) is 8.12. The monoisotopic (exact) mass is 469 g/mol. The molecule has 0 unspecified atom stereocenters. The molecule has 0 radical (unpaired) electrons. The molecule has 11 heteroatoms. The number of ether oxygens (including phenoxy) is 1. The first kappa shape index (κ1) is 21.9. The van der Waals surface area contributed by atoms with Gasteiger partial charge in [0.15, 0.2) is 11.6 Å². The zero-order valence-electron chi connectivity index (χ0n) is 18.8. The fourth-order valence-electron chi connectivity index (χ4n) is 3.40. The number of anilines is 3. The molecule has 0 saturated heterocycles. The lowest BCUT2D eigenvalue weighted by atomic mass is 10.0. The van der Waals surface area contributed by atoms with Crippen LogP contribution in [0.15, 0.2) is 67.5 Å². The molecule has 1 aromatic carbocycles. The molecular weight excluding hydrogens is 449 g/mol. The minimum Gasteiger partial charge on any atom is -0.421 e. The predicted molar refractivity (Wildman–Crippen MR) is 128 cm³/mol. The van der Waals surface area contributed by atoms with Crippen molar-refractivity contribution in [3.8, 4) is 34.1 Å². The van der Waals surface area contributed by atoms with E-state index in [1.54, 1.807) is 67.0 Å². The lowest BCUT2D eigenvalue weighted by Gasteiger charge is -2.13. The minimum atomic E-state index is -0.582. The molecule has 0 amide bonds. The van der Waals surface area contributed by atoms with Crippen LogP contribution in [0.3, 0.4) is 0 Å². The van der Waals surface area contributed by atoms with Gasteiger partial charge < -0.3 is 15.8 Å². The molecule has 0 aliphatic rings. The number of nitrogens with zero attached hydrogens (tertiary/aromatic N) is 7. The number of hydrogen-bond acceptors (Lipinski definition) is 9. The van der Waals surface area contributed by atoms with Crippen molar-refractivity contribution in [2.24, 2.45) is 7.05 Å². The minimum absolute atomic E-state index is 0.00213. The first-order valence-electron chi connectivity index (χ1n) is 10.6. The highest BCUT2D eigenvalue weighted by molar-refractivity contribution is 5.82. The molecule has 0 spiro atoms. The van der Waals surface area contributed by atoms with Crippen molar-refractivity contribution in [2.75, 3.05) is 11.1 Å². The van der Waals surface area contributed by atoms with E-state index in [4.69, 9.17) is 10.5 Å². The van der Waals surface area contributed by atoms with Gasteiger partial charge in [0.1, 0.15) is 0 Å². The number of nitrogens with two attached hydrogens (primary N) is 1. The van der Waals surface area contributed by atoms with Gasteiger partial charge in [-0.25, -0.2) is 24.3 Å². The lowest BCUT2D eigenvalue weighted by molar-refractivity contribution is 0.410. The van der Waals surface area contributed by atoms with Crippen LogP contribution in [-0.4, -0.2) is 34.7 Å². The summed E-state index contributed by atoms with van der Waals surface area (Å²) in [5, 5.41) is 7.25. The second-order valence-corrected chi connectivity index (χ2v) is 7.72. The molecule has 4 heterocycles. The standard InChI is InChI=1S/C24H20FN9O/c1-14-5-6-28-24(31-14)35-21-4-3-15(8-20(21)25)19-12-29-23(32-18-11-30-34(2)13-18)33-22(19)16-7-17(26)10-27-9-16/h3-13H,26H2,1-2H3,(H,29,32,33). The zero-order valence-corrected chi connectivity index (χ0v) is 18.8. The van der Waals surface area contributed by atoms with Crippen LogP contribution < -0.4 is 15.8 Å². The van der Waals surface area contributed by atoms with Crippen molar-refractivity contribution in [2.45, 2.75) is 6.92 Å². The molecule has 4 aromatic heterocycles. The SMILES string of the molecule is Cc1ccnc(Oc2ccc(-c3cnc(Nc4cnn(C)c4)nc3-c3cncc(N)c3)cc2F)n1. The fourth-order valence-corrected chi connectivity index (χ4v) is 3.40. The zero-order chi connectivity index (χ0) is 24.4. The molecule has 0 atom stereocenters. The second-order valence-electron chi connectivity index (χ2n) is 7.72. The topological polar surface area (TPSA) is 130 Å². The summed E-state index contributed by atoms with van der Waals surface area (Å²) in [4.78, 5) is 21.4. The molecule has 3 N–H and O–H groups in total. The Morgan fingerprint density at radius 1 is 1.00 bits per heavy atom. The largest absolute Gasteiger partial charge is 0.421 e. The Morgan fingerprint density at radius 3 is 2.63 bits per heavy atom. The molecule has 174 valence electrons. The molecule has 5 rings (SSSR count). The van der Waals surface area contributed by atoms with Gasteiger partial charge in [0.05, 0.1) is 23.3 Å². The van der Waals surface area contributed by atoms with Gasteiger partial charge in [0.2, 0.25) is 5.95 Å². The van der Waals surface area contributed by atoms with Crippen molar-refractivity contribution >= 4 is 17.3 Å². The molecule has 5 aromatic rings. The first-order chi connectivity index (χ1) is 16.9. The van der Waals surface area contributed by atoms with E-state index in [2.05, 4.69) is 35.3 Å². The number of aromatic nitrogens is 7. The normalized spacial score (nSPS) is 10.8. The van der Waals surface area contributed by atoms with E-state index in [9.17, 15) is 0 Å². The Bertz CT molecular complexity index is 1520. The van der Waals surface area contributed by atoms with Crippen LogP contribution in [0.2, 0.25) is 0 Å². The molecule has 10 nitrogen and oxygen atoms in total. The third-order valence-electron chi connectivity index (χ3n) is 5.00. The lowest BCUT2D eigenvalue weighted by Crippen LogP contribution is -2.01. The van der Waals surface area contributed by atoms with Crippen molar-refractivity contribution in [3.63, 3.8) is 0 Å². The van der Waals surface area contributed by atoms with E-state index in [0.29, 0.717) is 39.7 Å². The maximum absolute atomic E-state index is 15.0. The van der Waals surface area contributed by atoms with Gasteiger partial charge in [0.25, 0.3) is 0 Å². The summed E-state index contributed by atoms with van der Waals surface area (Å²) in [5.74, 6) is -0.236. The molecule has 0 aliphatic heterocycles. The predicted octanol–water partition coefficient (Wildman–Crippen LogP) is 4.29. The Morgan fingerprint density at radius 2 is 1.89 bits per heavy atom. The van der Waals surface area contributed by atoms with Crippen molar-refractivity contribution in [1.82, 2.24) is 34.7 Å². The number of nitrogen functional groups attached to an aromatic ring is 1. The number of nitrogens with one attached hydrogen (secondary N) is 1. The Hall–Kier alpha value is -4.93. The van der Waals surface area contributed by atoms with Gasteiger partial charge in [-0.15, -0.1) is 0 Å². The number of halogens is 1. The average molecular weight is 469 g/mol. The summed E-state index contributed by atoms with van der Waals surface area (Å²) in [5.41, 5.74) is 10.2. The highest BCUT2D eigenvalue weighted by Gasteiger charge is 2.16. The number of hydrogen-bond donors (Lipinski definition) is 2. The van der Waals surface area contributed by atoms with Crippen LogP contribution in [0.25, 0.3) is 22.4 Å². The number of rotatable bonds is 6. The first-order valence-corrected chi connectivity index (χ1v) is 10.6. The maximum atomic E-state index is 15.0.